The minimum absolute atomic E-state index is 0.158. The van der Waals surface area contributed by atoms with Crippen LogP contribution in [0.1, 0.15) is 21.5 Å². The van der Waals surface area contributed by atoms with E-state index < -0.39 is 0 Å². The standard InChI is InChI=1S/C24H19ClN6O2/c1-14-13-31(30-24(14)28-20-8-7-19-18(22(20)25)12-27-29-19)16-5-6-17(21(10-16)33-2)23(32)15-4-3-9-26-11-15/h3-13H,1-2H3,(H,27,29)(H,28,30). The molecule has 0 spiro atoms. The predicted octanol–water partition coefficient (Wildman–Crippen LogP) is 5.09. The SMILES string of the molecule is COc1cc(-n2cc(C)c(Nc3ccc4[nH]ncc4c3Cl)n2)ccc1C(=O)c1cccnc1. The molecule has 0 saturated carbocycles. The van der Waals surface area contributed by atoms with Crippen LogP contribution in [0.25, 0.3) is 16.6 Å². The highest BCUT2D eigenvalue weighted by Gasteiger charge is 2.17. The molecule has 33 heavy (non-hydrogen) atoms. The van der Waals surface area contributed by atoms with Gasteiger partial charge in [-0.25, -0.2) is 4.68 Å². The second-order valence-corrected chi connectivity index (χ2v) is 7.82. The molecule has 9 heteroatoms. The summed E-state index contributed by atoms with van der Waals surface area (Å²) in [6.45, 7) is 1.95. The number of pyridine rings is 1. The minimum atomic E-state index is -0.158. The highest BCUT2D eigenvalue weighted by atomic mass is 35.5. The lowest BCUT2D eigenvalue weighted by Gasteiger charge is -2.10. The van der Waals surface area contributed by atoms with Crippen LogP contribution < -0.4 is 10.1 Å². The van der Waals surface area contributed by atoms with E-state index in [2.05, 4.69) is 25.6 Å². The summed E-state index contributed by atoms with van der Waals surface area (Å²) in [7, 11) is 1.54. The smallest absolute Gasteiger partial charge is 0.198 e. The van der Waals surface area contributed by atoms with Gasteiger partial charge in [0, 0.05) is 41.2 Å². The Balaban J connectivity index is 1.46. The third kappa shape index (κ3) is 3.81. The van der Waals surface area contributed by atoms with E-state index in [1.807, 2.05) is 31.3 Å². The Morgan fingerprint density at radius 2 is 2.06 bits per heavy atom. The van der Waals surface area contributed by atoms with Gasteiger partial charge >= 0.3 is 0 Å². The highest BCUT2D eigenvalue weighted by molar-refractivity contribution is 6.38. The van der Waals surface area contributed by atoms with Crippen LogP contribution in [0.5, 0.6) is 5.75 Å². The molecule has 2 aromatic carbocycles. The molecule has 0 saturated heterocycles. The van der Waals surface area contributed by atoms with Crippen molar-refractivity contribution in [3.63, 3.8) is 0 Å². The molecule has 0 atom stereocenters. The molecule has 2 N–H and O–H groups in total. The number of aryl methyl sites for hydroxylation is 1. The number of aromatic amines is 1. The van der Waals surface area contributed by atoms with Crippen LogP contribution in [0, 0.1) is 6.92 Å². The Hall–Kier alpha value is -4.17. The summed E-state index contributed by atoms with van der Waals surface area (Å²) in [5.41, 5.74) is 4.22. The van der Waals surface area contributed by atoms with Crippen LogP contribution in [0.15, 0.2) is 67.3 Å². The number of rotatable bonds is 6. The van der Waals surface area contributed by atoms with E-state index in [-0.39, 0.29) is 5.78 Å². The number of carbonyl (C=O) groups excluding carboxylic acids is 1. The van der Waals surface area contributed by atoms with Crippen molar-refractivity contribution in [2.24, 2.45) is 0 Å². The Labute approximate surface area is 194 Å². The summed E-state index contributed by atoms with van der Waals surface area (Å²) in [6.07, 6.45) is 6.75. The van der Waals surface area contributed by atoms with Gasteiger partial charge in [0.25, 0.3) is 0 Å². The number of aromatic nitrogens is 5. The maximum Gasteiger partial charge on any atom is 0.198 e. The summed E-state index contributed by atoms with van der Waals surface area (Å²) >= 11 is 6.54. The molecule has 0 fully saturated rings. The summed E-state index contributed by atoms with van der Waals surface area (Å²) in [4.78, 5) is 16.9. The molecule has 3 aromatic heterocycles. The van der Waals surface area contributed by atoms with Gasteiger partial charge in [-0.15, -0.1) is 5.10 Å². The van der Waals surface area contributed by atoms with Crippen molar-refractivity contribution in [2.75, 3.05) is 12.4 Å². The molecule has 164 valence electrons. The molecule has 5 aromatic rings. The van der Waals surface area contributed by atoms with Gasteiger partial charge < -0.3 is 10.1 Å². The summed E-state index contributed by atoms with van der Waals surface area (Å²) in [5.74, 6) is 0.960. The number of nitrogens with one attached hydrogen (secondary N) is 2. The van der Waals surface area contributed by atoms with Crippen molar-refractivity contribution in [2.45, 2.75) is 6.92 Å². The number of anilines is 2. The number of ketones is 1. The number of ether oxygens (including phenoxy) is 1. The number of hydrogen-bond donors (Lipinski definition) is 2. The van der Waals surface area contributed by atoms with Gasteiger partial charge in [-0.3, -0.25) is 14.9 Å². The zero-order chi connectivity index (χ0) is 22.9. The Morgan fingerprint density at radius 3 is 2.85 bits per heavy atom. The van der Waals surface area contributed by atoms with Crippen LogP contribution in [-0.4, -0.2) is 37.9 Å². The number of halogens is 1. The van der Waals surface area contributed by atoms with Gasteiger partial charge in [-0.05, 0) is 43.3 Å². The van der Waals surface area contributed by atoms with Gasteiger partial charge in [0.1, 0.15) is 5.75 Å². The van der Waals surface area contributed by atoms with Crippen LogP contribution in [-0.2, 0) is 0 Å². The molecule has 0 amide bonds. The number of benzene rings is 2. The first-order chi connectivity index (χ1) is 16.0. The molecule has 3 heterocycles. The average molecular weight is 459 g/mol. The first-order valence-electron chi connectivity index (χ1n) is 10.1. The fourth-order valence-corrected chi connectivity index (χ4v) is 3.85. The Morgan fingerprint density at radius 1 is 1.18 bits per heavy atom. The van der Waals surface area contributed by atoms with Crippen molar-refractivity contribution >= 4 is 39.8 Å². The van der Waals surface area contributed by atoms with Gasteiger partial charge in [0.15, 0.2) is 11.6 Å². The average Bonchev–Trinajstić information content (AvgIpc) is 3.48. The minimum Gasteiger partial charge on any atom is -0.496 e. The lowest BCUT2D eigenvalue weighted by Crippen LogP contribution is -2.06. The van der Waals surface area contributed by atoms with E-state index in [0.717, 1.165) is 27.8 Å². The number of hydrogen-bond acceptors (Lipinski definition) is 6. The largest absolute Gasteiger partial charge is 0.496 e. The first kappa shape index (κ1) is 20.7. The van der Waals surface area contributed by atoms with E-state index >= 15 is 0 Å². The normalized spacial score (nSPS) is 11.0. The second kappa shape index (κ2) is 8.40. The Kier molecular flexibility index (Phi) is 5.27. The van der Waals surface area contributed by atoms with Crippen molar-refractivity contribution in [3.05, 3.63) is 89.0 Å². The number of fused-ring (bicyclic) bond motifs is 1. The van der Waals surface area contributed by atoms with Gasteiger partial charge in [-0.2, -0.15) is 5.10 Å². The zero-order valence-corrected chi connectivity index (χ0v) is 18.6. The monoisotopic (exact) mass is 458 g/mol. The van der Waals surface area contributed by atoms with Crippen molar-refractivity contribution in [3.8, 4) is 11.4 Å². The van der Waals surface area contributed by atoms with Gasteiger partial charge in [0.05, 0.1) is 40.8 Å². The fraction of sp³-hybridized carbons (Fsp3) is 0.0833. The topological polar surface area (TPSA) is 97.7 Å². The highest BCUT2D eigenvalue weighted by Crippen LogP contribution is 2.33. The van der Waals surface area contributed by atoms with E-state index in [1.165, 1.54) is 13.3 Å². The maximum absolute atomic E-state index is 12.9. The molecule has 5 rings (SSSR count). The van der Waals surface area contributed by atoms with Crippen LogP contribution in [0.2, 0.25) is 5.02 Å². The van der Waals surface area contributed by atoms with E-state index in [1.54, 1.807) is 41.3 Å². The molecule has 8 nitrogen and oxygen atoms in total. The summed E-state index contributed by atoms with van der Waals surface area (Å²) < 4.78 is 7.23. The van der Waals surface area contributed by atoms with E-state index in [9.17, 15) is 4.79 Å². The second-order valence-electron chi connectivity index (χ2n) is 7.44. The quantitative estimate of drug-likeness (QED) is 0.344. The third-order valence-electron chi connectivity index (χ3n) is 5.33. The Bertz CT molecular complexity index is 1480. The van der Waals surface area contributed by atoms with Gasteiger partial charge in [0.2, 0.25) is 0 Å². The lowest BCUT2D eigenvalue weighted by molar-refractivity contribution is 0.103. The van der Waals surface area contributed by atoms with Crippen LogP contribution in [0.3, 0.4) is 0 Å². The fourth-order valence-electron chi connectivity index (χ4n) is 3.59. The van der Waals surface area contributed by atoms with Crippen LogP contribution >= 0.6 is 11.6 Å². The first-order valence-corrected chi connectivity index (χ1v) is 10.5. The van der Waals surface area contributed by atoms with Gasteiger partial charge in [-0.1, -0.05) is 11.6 Å². The molecule has 0 aliphatic carbocycles. The van der Waals surface area contributed by atoms with Crippen molar-refractivity contribution in [1.29, 1.82) is 0 Å². The number of carbonyl (C=O) groups is 1. The molecule has 0 aliphatic rings. The molecule has 0 radical (unpaired) electrons. The summed E-state index contributed by atoms with van der Waals surface area (Å²) in [5, 5.41) is 16.3. The van der Waals surface area contributed by atoms with E-state index in [0.29, 0.717) is 27.7 Å². The van der Waals surface area contributed by atoms with Crippen molar-refractivity contribution in [1.82, 2.24) is 25.0 Å². The molecule has 0 bridgehead atoms. The third-order valence-corrected chi connectivity index (χ3v) is 5.73. The van der Waals surface area contributed by atoms with E-state index in [4.69, 9.17) is 16.3 Å². The number of methoxy groups -OCH3 is 1. The maximum atomic E-state index is 12.9. The zero-order valence-electron chi connectivity index (χ0n) is 17.8. The number of nitrogens with zero attached hydrogens (tertiary/aromatic N) is 4. The molecule has 0 aliphatic heterocycles. The molecular weight excluding hydrogens is 440 g/mol. The van der Waals surface area contributed by atoms with Crippen molar-refractivity contribution < 1.29 is 9.53 Å². The number of H-pyrrole nitrogens is 1. The summed E-state index contributed by atoms with van der Waals surface area (Å²) in [6, 6.07) is 12.6. The molecule has 0 unspecified atom stereocenters. The van der Waals surface area contributed by atoms with Crippen LogP contribution in [0.4, 0.5) is 11.5 Å². The lowest BCUT2D eigenvalue weighted by atomic mass is 10.0. The predicted molar refractivity (Wildman–Crippen MR) is 127 cm³/mol. The molecular formula is C24H19ClN6O2.